The lowest BCUT2D eigenvalue weighted by molar-refractivity contribution is -0.142. The Bertz CT molecular complexity index is 1260. The Hall–Kier alpha value is -2.62. The summed E-state index contributed by atoms with van der Waals surface area (Å²) in [6, 6.07) is 7.74. The number of hydrogen-bond donors (Lipinski definition) is 1. The second kappa shape index (κ2) is 11.0. The standard InChI is InChI=1S/C28H30BrNO6S/c1-15-25(28(32)36-14-17-6-4-8-35-17)26(18-12-22(33-2)23(34-3)13-19(18)29)27-20(30-15)10-16(11-21(27)31)24-7-5-9-37-24/h5,7,9,12-13,16-17,26,30H,4,6,8,10-11,14H2,1-3H3. The van der Waals surface area contributed by atoms with Gasteiger partial charge in [-0.1, -0.05) is 22.0 Å². The van der Waals surface area contributed by atoms with Crippen LogP contribution in [0.15, 0.2) is 56.7 Å². The maximum absolute atomic E-state index is 13.8. The van der Waals surface area contributed by atoms with Crippen LogP contribution in [-0.4, -0.2) is 45.3 Å². The van der Waals surface area contributed by atoms with Crippen molar-refractivity contribution in [1.82, 2.24) is 5.32 Å². The Morgan fingerprint density at radius 3 is 2.68 bits per heavy atom. The third-order valence-electron chi connectivity index (χ3n) is 7.23. The van der Waals surface area contributed by atoms with E-state index in [0.29, 0.717) is 52.3 Å². The number of esters is 1. The number of ether oxygens (including phenoxy) is 4. The van der Waals surface area contributed by atoms with Gasteiger partial charge in [0.1, 0.15) is 6.61 Å². The van der Waals surface area contributed by atoms with Gasteiger partial charge in [0.25, 0.3) is 0 Å². The van der Waals surface area contributed by atoms with E-state index in [-0.39, 0.29) is 24.4 Å². The minimum atomic E-state index is -0.612. The van der Waals surface area contributed by atoms with Gasteiger partial charge in [-0.15, -0.1) is 11.3 Å². The zero-order valence-electron chi connectivity index (χ0n) is 21.1. The molecule has 3 unspecified atom stereocenters. The lowest BCUT2D eigenvalue weighted by Gasteiger charge is -2.37. The number of carbonyl (C=O) groups is 2. The molecule has 3 aliphatic rings. The zero-order valence-corrected chi connectivity index (χ0v) is 23.5. The summed E-state index contributed by atoms with van der Waals surface area (Å²) in [7, 11) is 3.14. The maximum atomic E-state index is 13.8. The van der Waals surface area contributed by atoms with E-state index in [9.17, 15) is 9.59 Å². The molecule has 2 aromatic rings. The summed E-state index contributed by atoms with van der Waals surface area (Å²) in [6.07, 6.45) is 2.82. The number of thiophene rings is 1. The predicted octanol–water partition coefficient (Wildman–Crippen LogP) is 5.61. The molecule has 3 atom stereocenters. The minimum Gasteiger partial charge on any atom is -0.493 e. The van der Waals surface area contributed by atoms with Crippen LogP contribution in [0.25, 0.3) is 0 Å². The highest BCUT2D eigenvalue weighted by molar-refractivity contribution is 9.10. The second-order valence-electron chi connectivity index (χ2n) is 9.49. The minimum absolute atomic E-state index is 0.0239. The third kappa shape index (κ3) is 5.09. The first-order valence-corrected chi connectivity index (χ1v) is 14.1. The molecular formula is C28H30BrNO6S. The summed E-state index contributed by atoms with van der Waals surface area (Å²) in [4.78, 5) is 28.6. The molecule has 1 saturated heterocycles. The first-order chi connectivity index (χ1) is 17.9. The Labute approximate surface area is 228 Å². The van der Waals surface area contributed by atoms with Crippen LogP contribution >= 0.6 is 27.3 Å². The van der Waals surface area contributed by atoms with Gasteiger partial charge < -0.3 is 24.3 Å². The van der Waals surface area contributed by atoms with Gasteiger partial charge in [-0.05, 0) is 55.3 Å². The number of rotatable bonds is 7. The van der Waals surface area contributed by atoms with E-state index in [0.717, 1.165) is 24.1 Å². The summed E-state index contributed by atoms with van der Waals surface area (Å²) >= 11 is 5.34. The van der Waals surface area contributed by atoms with Crippen LogP contribution in [0.3, 0.4) is 0 Å². The summed E-state index contributed by atoms with van der Waals surface area (Å²) in [5.41, 5.74) is 3.32. The van der Waals surface area contributed by atoms with E-state index in [1.807, 2.05) is 30.5 Å². The first kappa shape index (κ1) is 26.0. The van der Waals surface area contributed by atoms with Crippen molar-refractivity contribution in [2.45, 2.75) is 50.5 Å². The van der Waals surface area contributed by atoms with E-state index in [1.54, 1.807) is 25.6 Å². The van der Waals surface area contributed by atoms with Gasteiger partial charge in [-0.2, -0.15) is 0 Å². The molecule has 7 nitrogen and oxygen atoms in total. The van der Waals surface area contributed by atoms with E-state index in [1.165, 1.54) is 4.88 Å². The molecule has 1 aliphatic carbocycles. The van der Waals surface area contributed by atoms with Crippen molar-refractivity contribution in [1.29, 1.82) is 0 Å². The van der Waals surface area contributed by atoms with Crippen molar-refractivity contribution in [3.8, 4) is 11.5 Å². The number of allylic oxidation sites excluding steroid dienone is 3. The molecule has 0 amide bonds. The Balaban J connectivity index is 1.58. The normalized spacial score (nSPS) is 23.6. The average molecular weight is 589 g/mol. The lowest BCUT2D eigenvalue weighted by Crippen LogP contribution is -2.36. The number of dihydropyridines is 1. The third-order valence-corrected chi connectivity index (χ3v) is 8.95. The number of nitrogens with one attached hydrogen (secondary N) is 1. The van der Waals surface area contributed by atoms with Crippen LogP contribution in [0, 0.1) is 0 Å². The van der Waals surface area contributed by atoms with Crippen molar-refractivity contribution in [3.05, 3.63) is 67.1 Å². The molecule has 1 fully saturated rings. The smallest absolute Gasteiger partial charge is 0.336 e. The Morgan fingerprint density at radius 2 is 2.00 bits per heavy atom. The molecule has 9 heteroatoms. The molecule has 196 valence electrons. The van der Waals surface area contributed by atoms with E-state index in [4.69, 9.17) is 18.9 Å². The number of ketones is 1. The maximum Gasteiger partial charge on any atom is 0.336 e. The Morgan fingerprint density at radius 1 is 1.22 bits per heavy atom. The first-order valence-electron chi connectivity index (χ1n) is 12.4. The van der Waals surface area contributed by atoms with E-state index < -0.39 is 11.9 Å². The van der Waals surface area contributed by atoms with Crippen LogP contribution in [0.2, 0.25) is 0 Å². The fraction of sp³-hybridized carbons (Fsp3) is 0.429. The Kier molecular flexibility index (Phi) is 7.74. The number of benzene rings is 1. The highest BCUT2D eigenvalue weighted by atomic mass is 79.9. The molecule has 0 bridgehead atoms. The quantitative estimate of drug-likeness (QED) is 0.421. The van der Waals surface area contributed by atoms with Gasteiger partial charge in [-0.25, -0.2) is 4.79 Å². The van der Waals surface area contributed by atoms with Crippen LogP contribution in [0.1, 0.15) is 54.9 Å². The van der Waals surface area contributed by atoms with Crippen molar-refractivity contribution < 1.29 is 28.5 Å². The monoisotopic (exact) mass is 587 g/mol. The molecule has 1 aromatic heterocycles. The van der Waals surface area contributed by atoms with Gasteiger partial charge >= 0.3 is 5.97 Å². The number of hydrogen-bond acceptors (Lipinski definition) is 8. The van der Waals surface area contributed by atoms with Crippen LogP contribution in [0.4, 0.5) is 0 Å². The fourth-order valence-electron chi connectivity index (χ4n) is 5.46. The molecule has 0 radical (unpaired) electrons. The van der Waals surface area contributed by atoms with Gasteiger partial charge in [0.2, 0.25) is 0 Å². The van der Waals surface area contributed by atoms with Crippen LogP contribution in [-0.2, 0) is 19.1 Å². The summed E-state index contributed by atoms with van der Waals surface area (Å²) < 4.78 is 23.2. The molecule has 1 aromatic carbocycles. The second-order valence-corrected chi connectivity index (χ2v) is 11.3. The highest BCUT2D eigenvalue weighted by Gasteiger charge is 2.42. The molecule has 5 rings (SSSR count). The summed E-state index contributed by atoms with van der Waals surface area (Å²) in [6.45, 7) is 2.74. The topological polar surface area (TPSA) is 83.1 Å². The summed E-state index contributed by atoms with van der Waals surface area (Å²) in [5.74, 6) is 0.138. The van der Waals surface area contributed by atoms with Crippen LogP contribution < -0.4 is 14.8 Å². The number of methoxy groups -OCH3 is 2. The molecule has 0 spiro atoms. The van der Waals surface area contributed by atoms with Gasteiger partial charge in [-0.3, -0.25) is 4.79 Å². The van der Waals surface area contributed by atoms with Gasteiger partial charge in [0, 0.05) is 51.2 Å². The number of Topliss-reactive ketones (excluding diaryl/α,β-unsaturated/α-hetero) is 1. The number of halogens is 1. The largest absolute Gasteiger partial charge is 0.493 e. The molecule has 3 heterocycles. The van der Waals surface area contributed by atoms with Crippen molar-refractivity contribution >= 4 is 39.0 Å². The van der Waals surface area contributed by atoms with Crippen molar-refractivity contribution in [2.75, 3.05) is 27.4 Å². The average Bonchev–Trinajstić information content (AvgIpc) is 3.61. The molecule has 2 aliphatic heterocycles. The van der Waals surface area contributed by atoms with Gasteiger partial charge in [0.15, 0.2) is 17.3 Å². The highest BCUT2D eigenvalue weighted by Crippen LogP contribution is 2.49. The van der Waals surface area contributed by atoms with Gasteiger partial charge in [0.05, 0.1) is 25.9 Å². The summed E-state index contributed by atoms with van der Waals surface area (Å²) in [5, 5.41) is 5.45. The SMILES string of the molecule is COc1cc(Br)c(C2C(C(=O)OCC3CCCO3)=C(C)NC3=C2C(=O)CC(c2cccs2)C3)cc1OC. The zero-order chi connectivity index (χ0) is 26.1. The lowest BCUT2D eigenvalue weighted by atomic mass is 9.72. The number of carbonyl (C=O) groups excluding carboxylic acids is 2. The van der Waals surface area contributed by atoms with E-state index in [2.05, 4.69) is 27.3 Å². The van der Waals surface area contributed by atoms with Crippen molar-refractivity contribution in [2.24, 2.45) is 0 Å². The predicted molar refractivity (Wildman–Crippen MR) is 144 cm³/mol. The fourth-order valence-corrected chi connectivity index (χ4v) is 6.84. The van der Waals surface area contributed by atoms with E-state index >= 15 is 0 Å². The molecule has 37 heavy (non-hydrogen) atoms. The van der Waals surface area contributed by atoms with Crippen molar-refractivity contribution in [3.63, 3.8) is 0 Å². The molecule has 0 saturated carbocycles. The van der Waals surface area contributed by atoms with Crippen LogP contribution in [0.5, 0.6) is 11.5 Å². The molecule has 1 N–H and O–H groups in total. The molecular weight excluding hydrogens is 558 g/mol.